The highest BCUT2D eigenvalue weighted by Gasteiger charge is 2.16. The summed E-state index contributed by atoms with van der Waals surface area (Å²) < 4.78 is 0. The van der Waals surface area contributed by atoms with Gasteiger partial charge >= 0.3 is 0 Å². The van der Waals surface area contributed by atoms with Crippen LogP contribution in [0, 0.1) is 5.92 Å². The van der Waals surface area contributed by atoms with Crippen molar-refractivity contribution in [3.05, 3.63) is 0 Å². The van der Waals surface area contributed by atoms with Crippen molar-refractivity contribution in [2.45, 2.75) is 44.3 Å². The molecule has 1 unspecified atom stereocenters. The maximum atomic E-state index is 3.57. The van der Waals surface area contributed by atoms with Gasteiger partial charge in [-0.2, -0.15) is 11.8 Å². The zero-order valence-corrected chi connectivity index (χ0v) is 10.3. The average molecular weight is 251 g/mol. The number of rotatable bonds is 5. The minimum Gasteiger partial charge on any atom is -0.158 e. The van der Waals surface area contributed by atoms with E-state index in [4.69, 9.17) is 0 Å². The summed E-state index contributed by atoms with van der Waals surface area (Å²) in [5.41, 5.74) is 0. The molecule has 2 heteroatoms. The summed E-state index contributed by atoms with van der Waals surface area (Å²) in [6.07, 6.45) is 7.23. The van der Waals surface area contributed by atoms with Gasteiger partial charge in [-0.3, -0.25) is 0 Å². The Morgan fingerprint density at radius 1 is 1.42 bits per heavy atom. The Balaban J connectivity index is 2.06. The van der Waals surface area contributed by atoms with Crippen molar-refractivity contribution in [1.29, 1.82) is 0 Å². The highest BCUT2D eigenvalue weighted by Crippen LogP contribution is 2.31. The summed E-state index contributed by atoms with van der Waals surface area (Å²) in [6, 6.07) is 0. The normalized spacial score (nSPS) is 21.5. The second-order valence-corrected chi connectivity index (χ2v) is 5.65. The summed E-state index contributed by atoms with van der Waals surface area (Å²) in [5, 5.41) is 2.18. The first-order valence-electron chi connectivity index (χ1n) is 5.04. The third-order valence-corrected chi connectivity index (χ3v) is 5.19. The van der Waals surface area contributed by atoms with Crippen LogP contribution in [-0.2, 0) is 0 Å². The SMILES string of the molecule is CCC(CBr)CSC1CCCC1. The first-order chi connectivity index (χ1) is 5.86. The number of hydrogen-bond acceptors (Lipinski definition) is 1. The molecule has 0 amide bonds. The average Bonchev–Trinajstić information content (AvgIpc) is 2.59. The van der Waals surface area contributed by atoms with E-state index in [9.17, 15) is 0 Å². The van der Waals surface area contributed by atoms with Gasteiger partial charge in [0.15, 0.2) is 0 Å². The minimum atomic E-state index is 0.899. The molecular formula is C10H19BrS. The smallest absolute Gasteiger partial charge is 0.00674 e. The Morgan fingerprint density at radius 3 is 2.58 bits per heavy atom. The summed E-state index contributed by atoms with van der Waals surface area (Å²) in [5.74, 6) is 2.27. The van der Waals surface area contributed by atoms with Crippen molar-refractivity contribution >= 4 is 27.7 Å². The second-order valence-electron chi connectivity index (χ2n) is 3.67. The van der Waals surface area contributed by atoms with Gasteiger partial charge < -0.3 is 0 Å². The number of hydrogen-bond donors (Lipinski definition) is 0. The molecule has 0 aromatic carbocycles. The number of halogens is 1. The predicted octanol–water partition coefficient (Wildman–Crippen LogP) is 4.08. The molecule has 0 nitrogen and oxygen atoms in total. The topological polar surface area (TPSA) is 0 Å². The van der Waals surface area contributed by atoms with Gasteiger partial charge in [-0.25, -0.2) is 0 Å². The van der Waals surface area contributed by atoms with E-state index in [2.05, 4.69) is 34.6 Å². The van der Waals surface area contributed by atoms with Crippen molar-refractivity contribution in [2.24, 2.45) is 5.92 Å². The van der Waals surface area contributed by atoms with Crippen molar-refractivity contribution < 1.29 is 0 Å². The van der Waals surface area contributed by atoms with Gasteiger partial charge in [0.05, 0.1) is 0 Å². The highest BCUT2D eigenvalue weighted by atomic mass is 79.9. The molecule has 0 heterocycles. The van der Waals surface area contributed by atoms with Crippen LogP contribution < -0.4 is 0 Å². The molecule has 1 aliphatic carbocycles. The third kappa shape index (κ3) is 3.69. The Kier molecular flexibility index (Phi) is 5.73. The zero-order valence-electron chi connectivity index (χ0n) is 7.89. The van der Waals surface area contributed by atoms with E-state index in [0.717, 1.165) is 11.2 Å². The van der Waals surface area contributed by atoms with Gasteiger partial charge in [-0.15, -0.1) is 0 Å². The van der Waals surface area contributed by atoms with Crippen LogP contribution in [0.25, 0.3) is 0 Å². The van der Waals surface area contributed by atoms with Gasteiger partial charge in [0.1, 0.15) is 0 Å². The maximum Gasteiger partial charge on any atom is 0.00674 e. The van der Waals surface area contributed by atoms with Crippen molar-refractivity contribution in [3.63, 3.8) is 0 Å². The van der Waals surface area contributed by atoms with Crippen LogP contribution in [-0.4, -0.2) is 16.3 Å². The van der Waals surface area contributed by atoms with E-state index in [1.54, 1.807) is 0 Å². The molecule has 0 aliphatic heterocycles. The summed E-state index contributed by atoms with van der Waals surface area (Å²) in [7, 11) is 0. The van der Waals surface area contributed by atoms with E-state index in [1.165, 1.54) is 43.2 Å². The Labute approximate surface area is 89.0 Å². The molecular weight excluding hydrogens is 232 g/mol. The molecule has 0 aromatic heterocycles. The second kappa shape index (κ2) is 6.31. The molecule has 1 saturated carbocycles. The molecule has 0 spiro atoms. The first-order valence-corrected chi connectivity index (χ1v) is 7.21. The first kappa shape index (κ1) is 10.9. The van der Waals surface area contributed by atoms with E-state index >= 15 is 0 Å². The summed E-state index contributed by atoms with van der Waals surface area (Å²) in [4.78, 5) is 0. The molecule has 1 aliphatic rings. The standard InChI is InChI=1S/C10H19BrS/c1-2-9(7-11)8-12-10-5-3-4-6-10/h9-10H,2-8H2,1H3. The fourth-order valence-corrected chi connectivity index (χ4v) is 4.15. The Hall–Kier alpha value is 0.830. The molecule has 0 saturated heterocycles. The molecule has 0 bridgehead atoms. The monoisotopic (exact) mass is 250 g/mol. The van der Waals surface area contributed by atoms with E-state index < -0.39 is 0 Å². The fraction of sp³-hybridized carbons (Fsp3) is 1.00. The maximum absolute atomic E-state index is 3.57. The molecule has 0 N–H and O–H groups in total. The van der Waals surface area contributed by atoms with Crippen molar-refractivity contribution in [3.8, 4) is 0 Å². The fourth-order valence-electron chi connectivity index (χ4n) is 1.60. The van der Waals surface area contributed by atoms with Gasteiger partial charge in [-0.05, 0) is 24.5 Å². The minimum absolute atomic E-state index is 0.899. The van der Waals surface area contributed by atoms with Gasteiger partial charge in [0, 0.05) is 10.6 Å². The lowest BCUT2D eigenvalue weighted by molar-refractivity contribution is 0.650. The van der Waals surface area contributed by atoms with E-state index in [1.807, 2.05) is 0 Å². The largest absolute Gasteiger partial charge is 0.158 e. The van der Waals surface area contributed by atoms with Gasteiger partial charge in [0.2, 0.25) is 0 Å². The molecule has 1 atom stereocenters. The molecule has 1 rings (SSSR count). The lowest BCUT2D eigenvalue weighted by atomic mass is 10.2. The molecule has 72 valence electrons. The lowest BCUT2D eigenvalue weighted by Crippen LogP contribution is -2.07. The van der Waals surface area contributed by atoms with Crippen LogP contribution in [0.1, 0.15) is 39.0 Å². The van der Waals surface area contributed by atoms with Crippen LogP contribution in [0.15, 0.2) is 0 Å². The third-order valence-electron chi connectivity index (χ3n) is 2.67. The summed E-state index contributed by atoms with van der Waals surface area (Å²) in [6.45, 7) is 2.29. The van der Waals surface area contributed by atoms with Crippen LogP contribution in [0.5, 0.6) is 0 Å². The van der Waals surface area contributed by atoms with Gasteiger partial charge in [-0.1, -0.05) is 42.1 Å². The molecule has 12 heavy (non-hydrogen) atoms. The van der Waals surface area contributed by atoms with E-state index in [0.29, 0.717) is 0 Å². The molecule has 0 radical (unpaired) electrons. The van der Waals surface area contributed by atoms with Gasteiger partial charge in [0.25, 0.3) is 0 Å². The highest BCUT2D eigenvalue weighted by molar-refractivity contribution is 9.09. The van der Waals surface area contributed by atoms with E-state index in [-0.39, 0.29) is 0 Å². The van der Waals surface area contributed by atoms with Crippen molar-refractivity contribution in [1.82, 2.24) is 0 Å². The quantitative estimate of drug-likeness (QED) is 0.663. The Bertz CT molecular complexity index is 104. The predicted molar refractivity (Wildman–Crippen MR) is 62.3 cm³/mol. The molecule has 0 aromatic rings. The van der Waals surface area contributed by atoms with Crippen LogP contribution in [0.2, 0.25) is 0 Å². The lowest BCUT2D eigenvalue weighted by Gasteiger charge is -2.14. The summed E-state index contributed by atoms with van der Waals surface area (Å²) >= 11 is 5.78. The van der Waals surface area contributed by atoms with Crippen LogP contribution >= 0.6 is 27.7 Å². The number of alkyl halides is 1. The zero-order chi connectivity index (χ0) is 8.81. The number of thioether (sulfide) groups is 1. The van der Waals surface area contributed by atoms with Crippen LogP contribution in [0.4, 0.5) is 0 Å². The van der Waals surface area contributed by atoms with Crippen LogP contribution in [0.3, 0.4) is 0 Å². The van der Waals surface area contributed by atoms with Crippen molar-refractivity contribution in [2.75, 3.05) is 11.1 Å². The molecule has 1 fully saturated rings. The Morgan fingerprint density at radius 2 is 2.08 bits per heavy atom.